The molecule has 0 amide bonds. The van der Waals surface area contributed by atoms with Crippen molar-refractivity contribution in [1.82, 2.24) is 0 Å². The van der Waals surface area contributed by atoms with Crippen LogP contribution in [-0.2, 0) is 21.7 Å². The molecule has 0 N–H and O–H groups in total. The molecule has 21 rings (SSSR count). The van der Waals surface area contributed by atoms with Gasteiger partial charge in [-0.15, -0.1) is 0 Å². The van der Waals surface area contributed by atoms with E-state index in [0.29, 0.717) is 0 Å². The molecule has 9 heteroatoms. The zero-order chi connectivity index (χ0) is 81.8. The van der Waals surface area contributed by atoms with Gasteiger partial charge in [0, 0.05) is 108 Å². The lowest BCUT2D eigenvalue weighted by atomic mass is 9.32. The summed E-state index contributed by atoms with van der Waals surface area (Å²) >= 11 is 0. The molecule has 119 heavy (non-hydrogen) atoms. The third-order valence-corrected chi connectivity index (χ3v) is 27.0. The molecule has 6 heterocycles. The molecule has 0 aromatic heterocycles. The van der Waals surface area contributed by atoms with E-state index in [9.17, 15) is 0 Å². The minimum absolute atomic E-state index is 0.0380. The van der Waals surface area contributed by atoms with Gasteiger partial charge in [-0.1, -0.05) is 259 Å². The van der Waals surface area contributed by atoms with Gasteiger partial charge in [-0.2, -0.15) is 0 Å². The number of fused-ring (bicyclic) bond motifs is 12. The van der Waals surface area contributed by atoms with E-state index >= 15 is 0 Å². The molecule has 0 spiro atoms. The van der Waals surface area contributed by atoms with Crippen LogP contribution in [-0.4, -0.2) is 20.1 Å². The van der Waals surface area contributed by atoms with Crippen LogP contribution in [0.2, 0.25) is 0 Å². The Morgan fingerprint density at radius 2 is 0.353 bits per heavy atom. The monoisotopic (exact) mass is 1540 g/mol. The van der Waals surface area contributed by atoms with Gasteiger partial charge in [-0.25, -0.2) is 0 Å². The lowest BCUT2D eigenvalue weighted by Crippen LogP contribution is -2.62. The second kappa shape index (κ2) is 26.9. The smallest absolute Gasteiger partial charge is 0.252 e. The predicted molar refractivity (Wildman–Crippen MR) is 511 cm³/mol. The minimum Gasteiger partial charge on any atom is -0.311 e. The normalized spacial score (nSPS) is 14.1. The molecule has 15 aromatic rings. The van der Waals surface area contributed by atoms with Crippen molar-refractivity contribution in [3.05, 3.63) is 376 Å². The highest BCUT2D eigenvalue weighted by Gasteiger charge is 2.50. The van der Waals surface area contributed by atoms with E-state index in [4.69, 9.17) is 0 Å². The maximum atomic E-state index is 2.67. The van der Waals surface area contributed by atoms with Crippen molar-refractivity contribution in [2.75, 3.05) is 29.4 Å². The number of hydrogen-bond acceptors (Lipinski definition) is 6. The fourth-order valence-corrected chi connectivity index (χ4v) is 20.7. The molecule has 0 unspecified atom stereocenters. The fraction of sp³-hybridized carbons (Fsp3) is 0.182. The summed E-state index contributed by atoms with van der Waals surface area (Å²) in [6.45, 7) is 36.4. The maximum absolute atomic E-state index is 2.67. The number of hydrogen-bond donors (Lipinski definition) is 0. The Balaban J connectivity index is 0.861. The molecule has 0 fully saturated rings. The quantitative estimate of drug-likeness (QED) is 0.105. The fourth-order valence-electron chi connectivity index (χ4n) is 20.7. The van der Waals surface area contributed by atoms with Crippen molar-refractivity contribution in [1.29, 1.82) is 0 Å². The zero-order valence-electron chi connectivity index (χ0n) is 71.4. The summed E-state index contributed by atoms with van der Waals surface area (Å²) < 4.78 is 0. The molecule has 0 aliphatic carbocycles. The lowest BCUT2D eigenvalue weighted by molar-refractivity contribution is 0.590. The van der Waals surface area contributed by atoms with Gasteiger partial charge in [0.05, 0.1) is 0 Å². The highest BCUT2D eigenvalue weighted by Crippen LogP contribution is 2.52. The highest BCUT2D eigenvalue weighted by molar-refractivity contribution is 7.02. The predicted octanol–water partition coefficient (Wildman–Crippen LogP) is 23.0. The number of nitrogens with zero attached hydrogens (tertiary/aromatic N) is 6. The first kappa shape index (κ1) is 73.9. The van der Waals surface area contributed by atoms with Crippen molar-refractivity contribution in [2.45, 2.75) is 132 Å². The summed E-state index contributed by atoms with van der Waals surface area (Å²) in [5.41, 5.74) is 46.6. The summed E-state index contributed by atoms with van der Waals surface area (Å²) in [6.07, 6.45) is 0. The molecule has 0 saturated carbocycles. The van der Waals surface area contributed by atoms with Crippen molar-refractivity contribution in [3.63, 3.8) is 0 Å². The second-order valence-corrected chi connectivity index (χ2v) is 38.0. The Bertz CT molecular complexity index is 6020. The van der Waals surface area contributed by atoms with Crippen LogP contribution in [0.15, 0.2) is 309 Å². The largest absolute Gasteiger partial charge is 0.311 e. The third kappa shape index (κ3) is 11.6. The van der Waals surface area contributed by atoms with Gasteiger partial charge in [0.2, 0.25) is 0 Å². The molecule has 15 aromatic carbocycles. The van der Waals surface area contributed by atoms with Gasteiger partial charge in [-0.3, -0.25) is 0 Å². The topological polar surface area (TPSA) is 19.4 Å². The van der Waals surface area contributed by atoms with Crippen molar-refractivity contribution >= 4 is 172 Å². The van der Waals surface area contributed by atoms with Crippen LogP contribution in [0.5, 0.6) is 0 Å². The molecule has 6 aliphatic heterocycles. The molecule has 0 atom stereocenters. The SMILES string of the molecule is Cc1ccc(N2c3ccc(C)cc3B3c4cc(C(C)(c5ccc6c(c5)B5c7cc(C)ccc7N(c7ccc(C)cc7)c7cccc(c75)N6c5ccc(C(C)(C)C)cc5)c5ccc6c(c5)B5c7cc(C)ccc7N(c7ccc(C)cc7)c7cccc(c75)N6c5ccc(C(C)(C)C)cc5)ccc4N(c4ccc(C(C)(C)C)cc4)c4cccc2c43)cc1. The molecule has 6 aliphatic rings. The Hall–Kier alpha value is -12.7. The van der Waals surface area contributed by atoms with Gasteiger partial charge >= 0.3 is 0 Å². The van der Waals surface area contributed by atoms with Gasteiger partial charge in [-0.05, 0) is 293 Å². The van der Waals surface area contributed by atoms with Crippen LogP contribution < -0.4 is 78.6 Å². The van der Waals surface area contributed by atoms with Gasteiger partial charge in [0.25, 0.3) is 20.1 Å². The van der Waals surface area contributed by atoms with Gasteiger partial charge in [0.15, 0.2) is 0 Å². The summed E-state index contributed by atoms with van der Waals surface area (Å²) in [5.74, 6) is 0. The Labute approximate surface area is 705 Å². The average molecular weight is 1540 g/mol. The van der Waals surface area contributed by atoms with E-state index in [-0.39, 0.29) is 36.4 Å². The van der Waals surface area contributed by atoms with Crippen molar-refractivity contribution < 1.29 is 0 Å². The Morgan fingerprint density at radius 3 is 0.563 bits per heavy atom. The molecule has 6 nitrogen and oxygen atoms in total. The van der Waals surface area contributed by atoms with Crippen LogP contribution in [0, 0.1) is 41.5 Å². The van der Waals surface area contributed by atoms with Crippen LogP contribution in [0.25, 0.3) is 0 Å². The zero-order valence-corrected chi connectivity index (χ0v) is 71.4. The van der Waals surface area contributed by atoms with Crippen molar-refractivity contribution in [3.8, 4) is 0 Å². The van der Waals surface area contributed by atoms with E-state index in [2.05, 4.69) is 450 Å². The number of benzene rings is 15. The summed E-state index contributed by atoms with van der Waals surface area (Å²) in [4.78, 5) is 15.4. The van der Waals surface area contributed by atoms with E-state index in [1.54, 1.807) is 0 Å². The van der Waals surface area contributed by atoms with Crippen molar-refractivity contribution in [2.24, 2.45) is 0 Å². The first-order valence-corrected chi connectivity index (χ1v) is 42.7. The first-order chi connectivity index (χ1) is 57.2. The highest BCUT2D eigenvalue weighted by atomic mass is 15.2. The average Bonchev–Trinajstić information content (AvgIpc) is 0.699. The number of rotatable bonds is 9. The van der Waals surface area contributed by atoms with E-state index in [1.165, 1.54) is 184 Å². The van der Waals surface area contributed by atoms with Crippen LogP contribution in [0.4, 0.5) is 102 Å². The molecular formula is C110H99B3N6. The van der Waals surface area contributed by atoms with Crippen LogP contribution >= 0.6 is 0 Å². The second-order valence-electron chi connectivity index (χ2n) is 38.0. The van der Waals surface area contributed by atoms with E-state index < -0.39 is 5.41 Å². The van der Waals surface area contributed by atoms with Crippen LogP contribution in [0.3, 0.4) is 0 Å². The summed E-state index contributed by atoms with van der Waals surface area (Å²) in [5, 5.41) is 0. The Morgan fingerprint density at radius 1 is 0.176 bits per heavy atom. The van der Waals surface area contributed by atoms with Gasteiger partial charge < -0.3 is 29.4 Å². The van der Waals surface area contributed by atoms with E-state index in [1.807, 2.05) is 0 Å². The molecular weight excluding hydrogens is 1440 g/mol. The minimum atomic E-state index is -0.857. The van der Waals surface area contributed by atoms with E-state index in [0.717, 1.165) is 34.1 Å². The van der Waals surface area contributed by atoms with Gasteiger partial charge in [0.1, 0.15) is 0 Å². The molecule has 0 radical (unpaired) electrons. The maximum Gasteiger partial charge on any atom is 0.252 e. The molecule has 578 valence electrons. The summed E-state index contributed by atoms with van der Waals surface area (Å²) in [7, 11) is 0. The lowest BCUT2D eigenvalue weighted by Gasteiger charge is -2.46. The summed E-state index contributed by atoms with van der Waals surface area (Å²) in [6, 6.07) is 122. The first-order valence-electron chi connectivity index (χ1n) is 42.7. The Kier molecular flexibility index (Phi) is 16.7. The number of aryl methyl sites for hydroxylation is 6. The standard InChI is InChI=1S/C110H99B3N6/c1-68-26-44-80(45-27-68)114-92-56-32-71(4)62-86(92)111-89-65-77(41-59-95(89)117(101-23-17-20-98(114)104(101)111)83-50-35-74(36-51-83)107(7,8)9)110(16,78-42-60-96-90(66-78)112-87-63-72(5)33-57-93(87)115(81-46-28-69(2)29-47-81)99-21-18-24-102(105(99)112)118(96)84-52-37-75(38-53-84)108(10,11)12)79-43-61-97-91(67-79)113-88-64-73(6)34-58-94(88)116(82-48-30-70(3)31-49-82)100-22-19-25-103(106(100)113)119(97)85-54-39-76(40-55-85)109(13,14)15/h17-67H,1-16H3. The number of anilines is 18. The molecule has 0 bridgehead atoms. The third-order valence-electron chi connectivity index (χ3n) is 27.0. The molecule has 0 saturated heterocycles. The van der Waals surface area contributed by atoms with Crippen LogP contribution in [0.1, 0.15) is 136 Å².